The molecular formula is C11H15N3O5S2. The van der Waals surface area contributed by atoms with Gasteiger partial charge in [0.05, 0.1) is 6.61 Å². The van der Waals surface area contributed by atoms with Gasteiger partial charge >= 0.3 is 0 Å². The number of morpholine rings is 1. The number of sulfonamides is 1. The van der Waals surface area contributed by atoms with Crippen LogP contribution >= 0.6 is 11.3 Å². The Hall–Kier alpha value is -1.49. The number of ether oxygens (including phenoxy) is 1. The van der Waals surface area contributed by atoms with E-state index in [4.69, 9.17) is 10.5 Å². The SMILES string of the molecule is CC1(C(=O)NS(=O)(=O)c2ccsc2C(N)=O)CNCCO1. The molecule has 1 saturated heterocycles. The van der Waals surface area contributed by atoms with Crippen molar-refractivity contribution in [3.63, 3.8) is 0 Å². The minimum atomic E-state index is -4.18. The van der Waals surface area contributed by atoms with Crippen molar-refractivity contribution in [1.29, 1.82) is 0 Å². The maximum Gasteiger partial charge on any atom is 0.266 e. The zero-order valence-corrected chi connectivity index (χ0v) is 12.8. The summed E-state index contributed by atoms with van der Waals surface area (Å²) in [6.07, 6.45) is 0. The third-order valence-corrected chi connectivity index (χ3v) is 5.44. The van der Waals surface area contributed by atoms with Crippen LogP contribution in [0.1, 0.15) is 16.6 Å². The molecule has 0 aromatic carbocycles. The van der Waals surface area contributed by atoms with Gasteiger partial charge in [-0.15, -0.1) is 11.3 Å². The second-order valence-corrected chi connectivity index (χ2v) is 7.24. The van der Waals surface area contributed by atoms with Crippen LogP contribution in [0.15, 0.2) is 16.3 Å². The van der Waals surface area contributed by atoms with Crippen LogP contribution in [-0.4, -0.2) is 45.5 Å². The van der Waals surface area contributed by atoms with Crippen LogP contribution in [0.4, 0.5) is 0 Å². The summed E-state index contributed by atoms with van der Waals surface area (Å²) < 4.78 is 31.7. The molecule has 1 aliphatic rings. The first-order valence-electron chi connectivity index (χ1n) is 6.05. The molecule has 1 atom stereocenters. The van der Waals surface area contributed by atoms with Gasteiger partial charge in [0.2, 0.25) is 0 Å². The predicted octanol–water partition coefficient (Wildman–Crippen LogP) is -0.970. The van der Waals surface area contributed by atoms with E-state index in [9.17, 15) is 18.0 Å². The van der Waals surface area contributed by atoms with Crippen molar-refractivity contribution in [1.82, 2.24) is 10.0 Å². The highest BCUT2D eigenvalue weighted by Gasteiger charge is 2.39. The van der Waals surface area contributed by atoms with Gasteiger partial charge in [0.15, 0.2) is 5.60 Å². The van der Waals surface area contributed by atoms with Gasteiger partial charge in [-0.05, 0) is 18.4 Å². The van der Waals surface area contributed by atoms with E-state index in [0.29, 0.717) is 13.2 Å². The van der Waals surface area contributed by atoms with Crippen LogP contribution in [0.3, 0.4) is 0 Å². The molecule has 2 heterocycles. The fraction of sp³-hybridized carbons (Fsp3) is 0.455. The molecule has 116 valence electrons. The zero-order chi connectivity index (χ0) is 15.7. The van der Waals surface area contributed by atoms with Gasteiger partial charge in [0.1, 0.15) is 9.77 Å². The van der Waals surface area contributed by atoms with E-state index in [1.165, 1.54) is 18.4 Å². The number of primary amides is 1. The van der Waals surface area contributed by atoms with Crippen molar-refractivity contribution < 1.29 is 22.7 Å². The lowest BCUT2D eigenvalue weighted by atomic mass is 10.1. The number of amides is 2. The topological polar surface area (TPSA) is 128 Å². The molecule has 1 fully saturated rings. The third-order valence-electron chi connectivity index (χ3n) is 3.01. The number of nitrogens with two attached hydrogens (primary N) is 1. The number of hydrogen-bond donors (Lipinski definition) is 3. The van der Waals surface area contributed by atoms with Gasteiger partial charge in [-0.3, -0.25) is 9.59 Å². The van der Waals surface area contributed by atoms with Crippen molar-refractivity contribution in [2.45, 2.75) is 17.4 Å². The van der Waals surface area contributed by atoms with E-state index in [2.05, 4.69) is 5.32 Å². The summed E-state index contributed by atoms with van der Waals surface area (Å²) in [7, 11) is -4.18. The summed E-state index contributed by atoms with van der Waals surface area (Å²) in [4.78, 5) is 22.9. The third kappa shape index (κ3) is 3.23. The molecule has 1 unspecified atom stereocenters. The summed E-state index contributed by atoms with van der Waals surface area (Å²) in [5, 5.41) is 4.37. The Labute approximate surface area is 125 Å². The fourth-order valence-electron chi connectivity index (χ4n) is 1.85. The molecule has 1 aromatic heterocycles. The van der Waals surface area contributed by atoms with Crippen LogP contribution in [0.25, 0.3) is 0 Å². The molecule has 0 saturated carbocycles. The highest BCUT2D eigenvalue weighted by Crippen LogP contribution is 2.22. The maximum absolute atomic E-state index is 12.2. The Kier molecular flexibility index (Phi) is 4.33. The monoisotopic (exact) mass is 333 g/mol. The number of nitrogens with one attached hydrogen (secondary N) is 2. The maximum atomic E-state index is 12.2. The lowest BCUT2D eigenvalue weighted by molar-refractivity contribution is -0.145. The lowest BCUT2D eigenvalue weighted by Gasteiger charge is -2.32. The minimum Gasteiger partial charge on any atom is -0.365 e. The summed E-state index contributed by atoms with van der Waals surface area (Å²) in [6.45, 7) is 2.58. The molecule has 10 heteroatoms. The van der Waals surface area contributed by atoms with Gasteiger partial charge in [0.25, 0.3) is 21.8 Å². The number of carbonyl (C=O) groups excluding carboxylic acids is 2. The first kappa shape index (κ1) is 15.9. The molecule has 2 amide bonds. The number of rotatable bonds is 4. The fourth-order valence-corrected chi connectivity index (χ4v) is 4.21. The molecule has 2 rings (SSSR count). The van der Waals surface area contributed by atoms with Crippen molar-refractivity contribution in [2.24, 2.45) is 5.73 Å². The molecule has 21 heavy (non-hydrogen) atoms. The molecule has 0 aliphatic carbocycles. The van der Waals surface area contributed by atoms with Gasteiger partial charge in [-0.2, -0.15) is 0 Å². The van der Waals surface area contributed by atoms with Crippen LogP contribution in [0, 0.1) is 0 Å². The Morgan fingerprint density at radius 3 is 2.81 bits per heavy atom. The van der Waals surface area contributed by atoms with Crippen molar-refractivity contribution >= 4 is 33.2 Å². The highest BCUT2D eigenvalue weighted by atomic mass is 32.2. The Morgan fingerprint density at radius 2 is 2.24 bits per heavy atom. The first-order valence-corrected chi connectivity index (χ1v) is 8.42. The molecule has 4 N–H and O–H groups in total. The van der Waals surface area contributed by atoms with Crippen molar-refractivity contribution in [2.75, 3.05) is 19.7 Å². The van der Waals surface area contributed by atoms with E-state index in [1.807, 2.05) is 4.72 Å². The minimum absolute atomic E-state index is 0.122. The van der Waals surface area contributed by atoms with Gasteiger partial charge in [0, 0.05) is 13.1 Å². The van der Waals surface area contributed by atoms with E-state index < -0.39 is 27.4 Å². The van der Waals surface area contributed by atoms with E-state index >= 15 is 0 Å². The average molecular weight is 333 g/mol. The predicted molar refractivity (Wildman–Crippen MR) is 75.4 cm³/mol. The second-order valence-electron chi connectivity index (χ2n) is 4.67. The Morgan fingerprint density at radius 1 is 1.52 bits per heavy atom. The zero-order valence-electron chi connectivity index (χ0n) is 11.2. The number of carbonyl (C=O) groups is 2. The van der Waals surface area contributed by atoms with Gasteiger partial charge in [-0.25, -0.2) is 13.1 Å². The smallest absolute Gasteiger partial charge is 0.266 e. The number of hydrogen-bond acceptors (Lipinski definition) is 7. The van der Waals surface area contributed by atoms with Crippen LogP contribution < -0.4 is 15.8 Å². The highest BCUT2D eigenvalue weighted by molar-refractivity contribution is 7.90. The average Bonchev–Trinajstić information content (AvgIpc) is 2.89. The molecule has 0 bridgehead atoms. The summed E-state index contributed by atoms with van der Waals surface area (Å²) in [5.41, 5.74) is 3.83. The summed E-state index contributed by atoms with van der Waals surface area (Å²) >= 11 is 0.898. The standard InChI is InChI=1S/C11H15N3O5S2/c1-11(6-13-3-4-19-11)10(16)14-21(17,18)7-2-5-20-8(7)9(12)15/h2,5,13H,3-4,6H2,1H3,(H2,12,15)(H,14,16). The molecule has 0 radical (unpaired) electrons. The molecule has 1 aliphatic heterocycles. The molecular weight excluding hydrogens is 318 g/mol. The van der Waals surface area contributed by atoms with Crippen LogP contribution in [0.2, 0.25) is 0 Å². The largest absolute Gasteiger partial charge is 0.365 e. The normalized spacial score (nSPS) is 22.7. The van der Waals surface area contributed by atoms with Crippen molar-refractivity contribution in [3.05, 3.63) is 16.3 Å². The second kappa shape index (κ2) is 5.72. The summed E-state index contributed by atoms with van der Waals surface area (Å²) in [6, 6.07) is 1.22. The van der Waals surface area contributed by atoms with Crippen LogP contribution in [0.5, 0.6) is 0 Å². The number of thiophene rings is 1. The van der Waals surface area contributed by atoms with Crippen molar-refractivity contribution in [3.8, 4) is 0 Å². The first-order chi connectivity index (χ1) is 9.76. The van der Waals surface area contributed by atoms with E-state index in [0.717, 1.165) is 11.3 Å². The Balaban J connectivity index is 2.23. The van der Waals surface area contributed by atoms with E-state index in [1.54, 1.807) is 0 Å². The molecule has 8 nitrogen and oxygen atoms in total. The lowest BCUT2D eigenvalue weighted by Crippen LogP contribution is -2.57. The molecule has 0 spiro atoms. The van der Waals surface area contributed by atoms with Crippen LogP contribution in [-0.2, 0) is 19.6 Å². The quantitative estimate of drug-likeness (QED) is 0.650. The van der Waals surface area contributed by atoms with Gasteiger partial charge < -0.3 is 15.8 Å². The Bertz CT molecular complexity index is 661. The summed E-state index contributed by atoms with van der Waals surface area (Å²) in [5.74, 6) is -1.66. The molecule has 1 aromatic rings. The van der Waals surface area contributed by atoms with E-state index in [-0.39, 0.29) is 16.3 Å². The van der Waals surface area contributed by atoms with Gasteiger partial charge in [-0.1, -0.05) is 0 Å².